The van der Waals surface area contributed by atoms with Crippen molar-refractivity contribution in [2.45, 2.75) is 31.6 Å². The number of anilines is 4. The van der Waals surface area contributed by atoms with Gasteiger partial charge in [0.15, 0.2) is 0 Å². The summed E-state index contributed by atoms with van der Waals surface area (Å²) in [6, 6.07) is 10.3. The van der Waals surface area contributed by atoms with Crippen LogP contribution < -0.4 is 20.3 Å². The first-order chi connectivity index (χ1) is 16.7. The molecular formula is C23H24F3N7OS. The van der Waals surface area contributed by atoms with E-state index in [1.165, 1.54) is 11.9 Å². The first-order valence-electron chi connectivity index (χ1n) is 10.8. The predicted octanol–water partition coefficient (Wildman–Crippen LogP) is 4.85. The van der Waals surface area contributed by atoms with Crippen LogP contribution in [0.2, 0.25) is 0 Å². The highest BCUT2D eigenvalue weighted by Gasteiger charge is 2.35. The third-order valence-electron chi connectivity index (χ3n) is 5.27. The molecule has 0 bridgehead atoms. The van der Waals surface area contributed by atoms with E-state index in [0.717, 1.165) is 19.0 Å². The van der Waals surface area contributed by atoms with Crippen LogP contribution in [0.15, 0.2) is 48.8 Å². The molecule has 12 heteroatoms. The Balaban J connectivity index is 1.55. The second-order valence-corrected chi connectivity index (χ2v) is 8.84. The summed E-state index contributed by atoms with van der Waals surface area (Å²) in [5.74, 6) is 0.0382. The third kappa shape index (κ3) is 6.32. The zero-order valence-electron chi connectivity index (χ0n) is 19.1. The standard InChI is InChI=1S/C23H24F3N7OS/c1-33(35-2)20-15(6-4-10-27-20)12-28-19-18(23(24,25)26)13-29-22(32-19)31-17-7-3-5-14(11-17)21(34)30-16-8-9-16/h3-7,10-11,13,16H,8-9,12H2,1-2H3,(H,30,34)(H2,28,29,31,32). The summed E-state index contributed by atoms with van der Waals surface area (Å²) in [4.78, 5) is 24.6. The number of rotatable bonds is 9. The average Bonchev–Trinajstić information content (AvgIpc) is 3.66. The number of carbonyl (C=O) groups excluding carboxylic acids is 1. The first-order valence-corrected chi connectivity index (χ1v) is 12.0. The zero-order valence-corrected chi connectivity index (χ0v) is 19.9. The van der Waals surface area contributed by atoms with Gasteiger partial charge in [-0.05, 0) is 37.1 Å². The predicted molar refractivity (Wildman–Crippen MR) is 131 cm³/mol. The lowest BCUT2D eigenvalue weighted by Crippen LogP contribution is -2.25. The van der Waals surface area contributed by atoms with Gasteiger partial charge in [0.2, 0.25) is 5.95 Å². The number of benzene rings is 1. The van der Waals surface area contributed by atoms with Crippen LogP contribution >= 0.6 is 11.9 Å². The topological polar surface area (TPSA) is 95.1 Å². The highest BCUT2D eigenvalue weighted by atomic mass is 32.2. The fraction of sp³-hybridized carbons (Fsp3) is 0.304. The summed E-state index contributed by atoms with van der Waals surface area (Å²) >= 11 is 1.43. The van der Waals surface area contributed by atoms with Crippen LogP contribution in [0.3, 0.4) is 0 Å². The maximum atomic E-state index is 13.6. The van der Waals surface area contributed by atoms with Crippen LogP contribution in [0.25, 0.3) is 0 Å². The van der Waals surface area contributed by atoms with Gasteiger partial charge in [-0.3, -0.25) is 4.79 Å². The Bertz CT molecular complexity index is 1200. The summed E-state index contributed by atoms with van der Waals surface area (Å²) in [7, 11) is 1.82. The van der Waals surface area contributed by atoms with Crippen molar-refractivity contribution in [3.05, 3.63) is 65.5 Å². The second kappa shape index (κ2) is 10.4. The van der Waals surface area contributed by atoms with E-state index in [1.807, 2.05) is 17.6 Å². The lowest BCUT2D eigenvalue weighted by Gasteiger charge is -2.19. The van der Waals surface area contributed by atoms with Crippen LogP contribution in [0.1, 0.15) is 34.3 Å². The van der Waals surface area contributed by atoms with Crippen molar-refractivity contribution in [3.8, 4) is 0 Å². The van der Waals surface area contributed by atoms with Gasteiger partial charge >= 0.3 is 6.18 Å². The highest BCUT2D eigenvalue weighted by molar-refractivity contribution is 7.99. The summed E-state index contributed by atoms with van der Waals surface area (Å²) in [5.41, 5.74) is 0.647. The monoisotopic (exact) mass is 503 g/mol. The Morgan fingerprint density at radius 2 is 2.00 bits per heavy atom. The van der Waals surface area contributed by atoms with Gasteiger partial charge < -0.3 is 20.3 Å². The number of carbonyl (C=O) groups is 1. The number of amides is 1. The number of hydrogen-bond acceptors (Lipinski definition) is 8. The maximum absolute atomic E-state index is 13.6. The minimum Gasteiger partial charge on any atom is -0.365 e. The minimum atomic E-state index is -4.64. The molecule has 3 aromatic rings. The smallest absolute Gasteiger partial charge is 0.365 e. The molecule has 1 aromatic carbocycles. The molecule has 35 heavy (non-hydrogen) atoms. The molecule has 1 fully saturated rings. The molecule has 0 spiro atoms. The number of halogens is 3. The Morgan fingerprint density at radius 3 is 2.71 bits per heavy atom. The Hall–Kier alpha value is -3.54. The number of alkyl halides is 3. The molecule has 3 N–H and O–H groups in total. The molecule has 0 aliphatic heterocycles. The molecule has 1 aliphatic rings. The minimum absolute atomic E-state index is 0.0344. The Labute approximate surface area is 204 Å². The number of nitrogens with one attached hydrogen (secondary N) is 3. The van der Waals surface area contributed by atoms with E-state index in [0.29, 0.717) is 22.6 Å². The summed E-state index contributed by atoms with van der Waals surface area (Å²) < 4.78 is 42.7. The van der Waals surface area contributed by atoms with Crippen molar-refractivity contribution in [2.75, 3.05) is 28.2 Å². The molecule has 4 rings (SSSR count). The van der Waals surface area contributed by atoms with Crippen LogP contribution in [-0.2, 0) is 12.7 Å². The van der Waals surface area contributed by atoms with Crippen molar-refractivity contribution in [1.82, 2.24) is 20.3 Å². The van der Waals surface area contributed by atoms with E-state index in [1.54, 1.807) is 42.6 Å². The van der Waals surface area contributed by atoms with E-state index in [2.05, 4.69) is 30.9 Å². The van der Waals surface area contributed by atoms with Crippen molar-refractivity contribution in [1.29, 1.82) is 0 Å². The second-order valence-electron chi connectivity index (χ2n) is 7.93. The van der Waals surface area contributed by atoms with Gasteiger partial charge in [0.05, 0.1) is 0 Å². The van der Waals surface area contributed by atoms with E-state index in [9.17, 15) is 18.0 Å². The van der Waals surface area contributed by atoms with Gasteiger partial charge in [0, 0.05) is 55.1 Å². The van der Waals surface area contributed by atoms with Gasteiger partial charge in [-0.25, -0.2) is 9.97 Å². The van der Waals surface area contributed by atoms with Gasteiger partial charge in [0.25, 0.3) is 5.91 Å². The lowest BCUT2D eigenvalue weighted by molar-refractivity contribution is -0.137. The normalized spacial score (nSPS) is 13.3. The average molecular weight is 504 g/mol. The van der Waals surface area contributed by atoms with Gasteiger partial charge in [-0.2, -0.15) is 18.2 Å². The number of aromatic nitrogens is 3. The van der Waals surface area contributed by atoms with Crippen LogP contribution in [0.5, 0.6) is 0 Å². The molecule has 0 atom stereocenters. The summed E-state index contributed by atoms with van der Waals surface area (Å²) in [6.07, 6.45) is 1.52. The van der Waals surface area contributed by atoms with E-state index in [4.69, 9.17) is 0 Å². The molecule has 184 valence electrons. The number of pyridine rings is 1. The fourth-order valence-corrected chi connectivity index (χ4v) is 3.60. The van der Waals surface area contributed by atoms with Crippen LogP contribution in [0.4, 0.5) is 36.4 Å². The van der Waals surface area contributed by atoms with Crippen molar-refractivity contribution in [2.24, 2.45) is 0 Å². The SMILES string of the molecule is CSN(C)c1ncccc1CNc1nc(Nc2cccc(C(=O)NC3CC3)c2)ncc1C(F)(F)F. The van der Waals surface area contributed by atoms with E-state index >= 15 is 0 Å². The lowest BCUT2D eigenvalue weighted by atomic mass is 10.2. The number of nitrogens with zero attached hydrogens (tertiary/aromatic N) is 4. The quantitative estimate of drug-likeness (QED) is 0.357. The molecule has 8 nitrogen and oxygen atoms in total. The number of hydrogen-bond donors (Lipinski definition) is 3. The van der Waals surface area contributed by atoms with E-state index in [-0.39, 0.29) is 30.3 Å². The fourth-order valence-electron chi connectivity index (χ4n) is 3.27. The highest BCUT2D eigenvalue weighted by Crippen LogP contribution is 2.34. The van der Waals surface area contributed by atoms with Gasteiger partial charge in [-0.15, -0.1) is 0 Å². The molecule has 0 saturated heterocycles. The summed E-state index contributed by atoms with van der Waals surface area (Å²) in [6.45, 7) is 0.0738. The van der Waals surface area contributed by atoms with Crippen LogP contribution in [0, 0.1) is 0 Å². The zero-order chi connectivity index (χ0) is 25.0. The Morgan fingerprint density at radius 1 is 1.20 bits per heavy atom. The van der Waals surface area contributed by atoms with Crippen molar-refractivity contribution >= 4 is 41.1 Å². The van der Waals surface area contributed by atoms with Crippen molar-refractivity contribution in [3.63, 3.8) is 0 Å². The Kier molecular flexibility index (Phi) is 7.29. The van der Waals surface area contributed by atoms with Crippen LogP contribution in [-0.4, -0.2) is 40.2 Å². The molecule has 0 unspecified atom stereocenters. The molecule has 1 aliphatic carbocycles. The molecular weight excluding hydrogens is 479 g/mol. The largest absolute Gasteiger partial charge is 0.421 e. The molecule has 2 heterocycles. The molecule has 1 amide bonds. The van der Waals surface area contributed by atoms with Crippen molar-refractivity contribution < 1.29 is 18.0 Å². The summed E-state index contributed by atoms with van der Waals surface area (Å²) in [5, 5.41) is 8.58. The maximum Gasteiger partial charge on any atom is 0.421 e. The molecule has 2 aromatic heterocycles. The first kappa shape index (κ1) is 24.6. The third-order valence-corrected chi connectivity index (χ3v) is 5.99. The molecule has 1 saturated carbocycles. The van der Waals surface area contributed by atoms with E-state index < -0.39 is 11.7 Å². The van der Waals surface area contributed by atoms with Gasteiger partial charge in [-0.1, -0.05) is 24.1 Å². The molecule has 0 radical (unpaired) electrons. The van der Waals surface area contributed by atoms with Gasteiger partial charge in [0.1, 0.15) is 17.2 Å².